The van der Waals surface area contributed by atoms with Gasteiger partial charge < -0.3 is 24.9 Å². The van der Waals surface area contributed by atoms with Crippen molar-refractivity contribution in [1.82, 2.24) is 9.88 Å². The molecule has 1 fully saturated rings. The summed E-state index contributed by atoms with van der Waals surface area (Å²) in [6.45, 7) is -1.06. The third-order valence-electron chi connectivity index (χ3n) is 6.24. The average Bonchev–Trinajstić information content (AvgIpc) is 3.39. The molecule has 14 heteroatoms. The lowest BCUT2D eigenvalue weighted by Gasteiger charge is -2.30. The van der Waals surface area contributed by atoms with Gasteiger partial charge in [-0.3, -0.25) is 28.9 Å². The van der Waals surface area contributed by atoms with Crippen LogP contribution in [0.15, 0.2) is 52.3 Å². The van der Waals surface area contributed by atoms with Crippen LogP contribution in [-0.4, -0.2) is 64.2 Å². The fourth-order valence-corrected chi connectivity index (χ4v) is 7.26. The first-order valence-corrected chi connectivity index (χ1v) is 13.6. The molecule has 3 N–H and O–H groups in total. The zero-order valence-electron chi connectivity index (χ0n) is 20.1. The number of hydrogen-bond donors (Lipinski definition) is 3. The number of thioether (sulfide) groups is 1. The van der Waals surface area contributed by atoms with E-state index in [4.69, 9.17) is 21.1 Å². The van der Waals surface area contributed by atoms with Gasteiger partial charge in [0.25, 0.3) is 5.91 Å². The molecule has 39 heavy (non-hydrogen) atoms. The molecule has 0 radical (unpaired) electrons. The molecule has 3 amide bonds. The van der Waals surface area contributed by atoms with Crippen molar-refractivity contribution in [3.63, 3.8) is 0 Å². The highest BCUT2D eigenvalue weighted by molar-refractivity contribution is 8.00. The fourth-order valence-electron chi connectivity index (χ4n) is 4.59. The number of benzene rings is 2. The van der Waals surface area contributed by atoms with E-state index in [1.54, 1.807) is 42.5 Å². The second kappa shape index (κ2) is 10.8. The minimum Gasteiger partial charge on any atom is -0.493 e. The Kier molecular flexibility index (Phi) is 7.38. The standard InChI is InChI=1S/C25H20ClN3O8S2/c1-36-15-8-11(2-7-14(15)37-10-16(30)27-13-5-3-12(26)4-6-13)18-19-21(38-22-20(18)39-25(35)28-22)24(34)29(23(19)33)9-17(31)32/h2-8,18-19,21H,9-10H2,1H3,(H,27,30)(H,28,35)(H,31,32)/t18-,19?,21?/m0/s1. The number of fused-ring (bicyclic) bond motifs is 2. The number of rotatable bonds is 8. The number of H-pyrrole nitrogens is 1. The van der Waals surface area contributed by atoms with Crippen LogP contribution in [-0.2, 0) is 19.2 Å². The van der Waals surface area contributed by atoms with Crippen LogP contribution in [0.2, 0.25) is 5.02 Å². The number of amides is 3. The third kappa shape index (κ3) is 5.24. The SMILES string of the molecule is COc1cc([C@@H]2c3sc(=O)[nH]c3SC3C(=O)N(CC(=O)O)C(=O)C32)ccc1OCC(=O)Nc1ccc(Cl)cc1. The third-order valence-corrected chi connectivity index (χ3v) is 8.90. The summed E-state index contributed by atoms with van der Waals surface area (Å²) in [7, 11) is 1.41. The molecule has 3 heterocycles. The zero-order chi connectivity index (χ0) is 27.8. The largest absolute Gasteiger partial charge is 0.493 e. The number of methoxy groups -OCH3 is 1. The molecule has 0 bridgehead atoms. The summed E-state index contributed by atoms with van der Waals surface area (Å²) in [6.07, 6.45) is 0. The number of hydrogen-bond acceptors (Lipinski definition) is 9. The number of aliphatic carboxylic acids is 1. The Bertz CT molecular complexity index is 1540. The summed E-state index contributed by atoms with van der Waals surface area (Å²) in [4.78, 5) is 65.9. The molecule has 2 aromatic carbocycles. The maximum Gasteiger partial charge on any atom is 0.323 e. The van der Waals surface area contributed by atoms with Gasteiger partial charge in [0.2, 0.25) is 11.8 Å². The van der Waals surface area contributed by atoms with Crippen LogP contribution < -0.4 is 19.7 Å². The Morgan fingerprint density at radius 1 is 1.10 bits per heavy atom. The lowest BCUT2D eigenvalue weighted by Crippen LogP contribution is -2.36. The van der Waals surface area contributed by atoms with Gasteiger partial charge in [0.15, 0.2) is 18.1 Å². The van der Waals surface area contributed by atoms with Crippen molar-refractivity contribution in [3.05, 3.63) is 67.6 Å². The van der Waals surface area contributed by atoms with Gasteiger partial charge in [0.05, 0.1) is 18.1 Å². The number of halogens is 1. The smallest absolute Gasteiger partial charge is 0.323 e. The molecule has 1 aromatic heterocycles. The van der Waals surface area contributed by atoms with E-state index in [0.717, 1.165) is 28.0 Å². The second-order valence-corrected chi connectivity index (χ2v) is 11.3. The van der Waals surface area contributed by atoms with Gasteiger partial charge in [-0.2, -0.15) is 0 Å². The van der Waals surface area contributed by atoms with Crippen molar-refractivity contribution in [2.24, 2.45) is 5.92 Å². The Labute approximate surface area is 234 Å². The van der Waals surface area contributed by atoms with Crippen LogP contribution in [0.5, 0.6) is 11.5 Å². The first kappa shape index (κ1) is 26.8. The molecular formula is C25H20ClN3O8S2. The van der Waals surface area contributed by atoms with Gasteiger partial charge in [-0.25, -0.2) is 0 Å². The monoisotopic (exact) mass is 589 g/mol. The number of thiazole rings is 1. The van der Waals surface area contributed by atoms with Gasteiger partial charge in [-0.05, 0) is 42.0 Å². The van der Waals surface area contributed by atoms with Gasteiger partial charge >= 0.3 is 10.8 Å². The van der Waals surface area contributed by atoms with E-state index in [1.165, 1.54) is 7.11 Å². The van der Waals surface area contributed by atoms with Gasteiger partial charge in [0.1, 0.15) is 11.8 Å². The molecule has 0 spiro atoms. The topological polar surface area (TPSA) is 155 Å². The number of likely N-dealkylation sites (tertiary alicyclic amines) is 1. The lowest BCUT2D eigenvalue weighted by atomic mass is 9.83. The number of ether oxygens (including phenoxy) is 2. The molecule has 3 aromatic rings. The molecule has 11 nitrogen and oxygen atoms in total. The van der Waals surface area contributed by atoms with Crippen molar-refractivity contribution in [3.8, 4) is 11.5 Å². The molecule has 202 valence electrons. The van der Waals surface area contributed by atoms with E-state index in [0.29, 0.717) is 26.2 Å². The van der Waals surface area contributed by atoms with E-state index in [9.17, 15) is 29.1 Å². The van der Waals surface area contributed by atoms with E-state index in [2.05, 4.69) is 10.3 Å². The number of nitrogens with one attached hydrogen (secondary N) is 2. The molecule has 0 saturated carbocycles. The molecule has 2 aliphatic heterocycles. The number of aromatic nitrogens is 1. The summed E-state index contributed by atoms with van der Waals surface area (Å²) >= 11 is 7.85. The maximum atomic E-state index is 13.3. The van der Waals surface area contributed by atoms with Crippen molar-refractivity contribution < 1.29 is 33.8 Å². The molecule has 5 rings (SSSR count). The zero-order valence-corrected chi connectivity index (χ0v) is 22.5. The predicted molar refractivity (Wildman–Crippen MR) is 143 cm³/mol. The van der Waals surface area contributed by atoms with Crippen molar-refractivity contribution in [2.45, 2.75) is 16.2 Å². The van der Waals surface area contributed by atoms with E-state index < -0.39 is 47.3 Å². The highest BCUT2D eigenvalue weighted by Crippen LogP contribution is 2.53. The van der Waals surface area contributed by atoms with Crippen molar-refractivity contribution >= 4 is 64.1 Å². The summed E-state index contributed by atoms with van der Waals surface area (Å²) in [5, 5.41) is 12.0. The molecule has 3 atom stereocenters. The first-order valence-electron chi connectivity index (χ1n) is 11.5. The van der Waals surface area contributed by atoms with Crippen LogP contribution in [0, 0.1) is 5.92 Å². The highest BCUT2D eigenvalue weighted by atomic mass is 35.5. The average molecular weight is 590 g/mol. The number of carboxylic acids is 1. The van der Waals surface area contributed by atoms with Crippen LogP contribution in [0.25, 0.3) is 0 Å². The number of carbonyl (C=O) groups is 4. The minimum atomic E-state index is -1.30. The van der Waals surface area contributed by atoms with Crippen LogP contribution in [0.4, 0.5) is 5.69 Å². The van der Waals surface area contributed by atoms with Crippen LogP contribution >= 0.6 is 34.7 Å². The number of aromatic amines is 1. The summed E-state index contributed by atoms with van der Waals surface area (Å²) in [5.74, 6) is -4.03. The highest BCUT2D eigenvalue weighted by Gasteiger charge is 2.56. The summed E-state index contributed by atoms with van der Waals surface area (Å²) in [6, 6.07) is 11.5. The minimum absolute atomic E-state index is 0.262. The number of imide groups is 1. The number of anilines is 1. The number of nitrogens with zero attached hydrogens (tertiary/aromatic N) is 1. The van der Waals surface area contributed by atoms with Crippen LogP contribution in [0.1, 0.15) is 16.4 Å². The predicted octanol–water partition coefficient (Wildman–Crippen LogP) is 2.79. The first-order chi connectivity index (χ1) is 18.7. The Hall–Kier alpha value is -3.81. The molecule has 2 unspecified atom stereocenters. The Morgan fingerprint density at radius 3 is 2.54 bits per heavy atom. The quantitative estimate of drug-likeness (QED) is 0.336. The number of carboxylic acid groups (broad SMARTS) is 1. The summed E-state index contributed by atoms with van der Waals surface area (Å²) < 4.78 is 11.2. The van der Waals surface area contributed by atoms with E-state index in [-0.39, 0.29) is 23.0 Å². The lowest BCUT2D eigenvalue weighted by molar-refractivity contribution is -0.149. The van der Waals surface area contributed by atoms with Crippen LogP contribution in [0.3, 0.4) is 0 Å². The number of carbonyl (C=O) groups excluding carboxylic acids is 3. The van der Waals surface area contributed by atoms with E-state index in [1.807, 2.05) is 0 Å². The summed E-state index contributed by atoms with van der Waals surface area (Å²) in [5.41, 5.74) is 1.11. The Balaban J connectivity index is 1.42. The molecule has 0 aliphatic carbocycles. The normalized spacial score (nSPS) is 19.8. The molecule has 2 aliphatic rings. The van der Waals surface area contributed by atoms with Gasteiger partial charge in [-0.15, -0.1) is 0 Å². The molecular weight excluding hydrogens is 570 g/mol. The van der Waals surface area contributed by atoms with E-state index >= 15 is 0 Å². The molecule has 1 saturated heterocycles. The van der Waals surface area contributed by atoms with Crippen molar-refractivity contribution in [2.75, 3.05) is 25.6 Å². The van der Waals surface area contributed by atoms with Gasteiger partial charge in [0, 0.05) is 21.5 Å². The van der Waals surface area contributed by atoms with Gasteiger partial charge in [-0.1, -0.05) is 40.8 Å². The fraction of sp³-hybridized carbons (Fsp3) is 0.240. The maximum absolute atomic E-state index is 13.3. The van der Waals surface area contributed by atoms with Crippen molar-refractivity contribution in [1.29, 1.82) is 0 Å². The Morgan fingerprint density at radius 2 is 1.85 bits per heavy atom. The second-order valence-electron chi connectivity index (χ2n) is 8.66.